The van der Waals surface area contributed by atoms with Gasteiger partial charge in [-0.2, -0.15) is 5.10 Å². The van der Waals surface area contributed by atoms with Crippen LogP contribution in [0.15, 0.2) is 35.2 Å². The molecule has 0 bridgehead atoms. The number of carbonyl (C=O) groups is 1. The Balaban J connectivity index is 1.56. The van der Waals surface area contributed by atoms with Crippen LogP contribution in [-0.4, -0.2) is 38.9 Å². The first-order valence-corrected chi connectivity index (χ1v) is 11.3. The SMILES string of the molecule is CC(C)NC(=O)O[C@@H]1CC[C@H](c2cc(Nc3ccc(S(C)(=N)=O)cc3)n[nH]2)C1. The summed E-state index contributed by atoms with van der Waals surface area (Å²) in [5.41, 5.74) is 1.82. The monoisotopic (exact) mass is 405 g/mol. The van der Waals surface area contributed by atoms with Crippen LogP contribution in [0.3, 0.4) is 0 Å². The second kappa shape index (κ2) is 8.22. The molecule has 3 atom stereocenters. The number of hydrogen-bond donors (Lipinski definition) is 4. The molecule has 1 heterocycles. The highest BCUT2D eigenvalue weighted by molar-refractivity contribution is 7.91. The van der Waals surface area contributed by atoms with E-state index in [1.54, 1.807) is 24.3 Å². The van der Waals surface area contributed by atoms with E-state index in [1.165, 1.54) is 6.26 Å². The number of hydrogen-bond acceptors (Lipinski definition) is 6. The highest BCUT2D eigenvalue weighted by Gasteiger charge is 2.30. The molecular weight excluding hydrogens is 378 g/mol. The van der Waals surface area contributed by atoms with E-state index in [2.05, 4.69) is 20.8 Å². The Morgan fingerprint density at radius 1 is 1.32 bits per heavy atom. The quantitative estimate of drug-likeness (QED) is 0.580. The van der Waals surface area contributed by atoms with Crippen LogP contribution in [0.5, 0.6) is 0 Å². The van der Waals surface area contributed by atoms with Crippen molar-refractivity contribution in [3.8, 4) is 0 Å². The zero-order valence-corrected chi connectivity index (χ0v) is 17.1. The molecule has 0 aliphatic heterocycles. The van der Waals surface area contributed by atoms with Crippen molar-refractivity contribution in [3.63, 3.8) is 0 Å². The normalized spacial score (nSPS) is 21.3. The summed E-state index contributed by atoms with van der Waals surface area (Å²) in [6.07, 6.45) is 3.51. The summed E-state index contributed by atoms with van der Waals surface area (Å²) >= 11 is 0. The standard InChI is InChI=1S/C19H27N5O3S/c1-12(2)21-19(25)27-15-7-4-13(10-15)17-11-18(24-23-17)22-14-5-8-16(9-6-14)28(3,20)26/h5-6,8-9,11-13,15,20H,4,7,10H2,1-3H3,(H,21,25)(H2,22,23,24)/t13-,15+,28?/m0/s1. The van der Waals surface area contributed by atoms with Gasteiger partial charge in [-0.05, 0) is 57.4 Å². The molecule has 0 spiro atoms. The lowest BCUT2D eigenvalue weighted by Gasteiger charge is -2.14. The minimum atomic E-state index is -2.71. The Kier molecular flexibility index (Phi) is 5.93. The summed E-state index contributed by atoms with van der Waals surface area (Å²) in [5.74, 6) is 0.961. The van der Waals surface area contributed by atoms with Crippen molar-refractivity contribution in [2.45, 2.75) is 56.1 Å². The highest BCUT2D eigenvalue weighted by Crippen LogP contribution is 2.36. The second-order valence-corrected chi connectivity index (χ2v) is 9.70. The van der Waals surface area contributed by atoms with Crippen LogP contribution in [0.25, 0.3) is 0 Å². The largest absolute Gasteiger partial charge is 0.446 e. The van der Waals surface area contributed by atoms with Gasteiger partial charge in [0, 0.05) is 40.6 Å². The first-order chi connectivity index (χ1) is 13.2. The van der Waals surface area contributed by atoms with Crippen molar-refractivity contribution in [2.24, 2.45) is 0 Å². The number of amides is 1. The van der Waals surface area contributed by atoms with Gasteiger partial charge < -0.3 is 15.4 Å². The fourth-order valence-corrected chi connectivity index (χ4v) is 3.96. The maximum atomic E-state index is 11.8. The number of aromatic nitrogens is 2. The van der Waals surface area contributed by atoms with Gasteiger partial charge in [-0.1, -0.05) is 0 Å². The lowest BCUT2D eigenvalue weighted by Crippen LogP contribution is -2.33. The third-order valence-corrected chi connectivity index (χ3v) is 5.85. The van der Waals surface area contributed by atoms with Crippen molar-refractivity contribution < 1.29 is 13.7 Å². The number of alkyl carbamates (subject to hydrolysis) is 1. The molecule has 4 N–H and O–H groups in total. The predicted octanol–water partition coefficient (Wildman–Crippen LogP) is 3.96. The maximum Gasteiger partial charge on any atom is 0.407 e. The minimum absolute atomic E-state index is 0.0601. The predicted molar refractivity (Wildman–Crippen MR) is 108 cm³/mol. The maximum absolute atomic E-state index is 11.8. The molecule has 1 aromatic carbocycles. The van der Waals surface area contributed by atoms with Crippen LogP contribution in [0, 0.1) is 4.78 Å². The molecule has 1 aliphatic carbocycles. The number of aromatic amines is 1. The van der Waals surface area contributed by atoms with E-state index < -0.39 is 9.73 Å². The third kappa shape index (κ3) is 5.25. The number of nitrogens with one attached hydrogen (secondary N) is 4. The minimum Gasteiger partial charge on any atom is -0.446 e. The zero-order valence-electron chi connectivity index (χ0n) is 16.3. The smallest absolute Gasteiger partial charge is 0.407 e. The summed E-state index contributed by atoms with van der Waals surface area (Å²) in [6.45, 7) is 3.80. The fraction of sp³-hybridized carbons (Fsp3) is 0.474. The molecule has 1 saturated carbocycles. The second-order valence-electron chi connectivity index (χ2n) is 7.54. The lowest BCUT2D eigenvalue weighted by molar-refractivity contribution is 0.0981. The molecule has 8 nitrogen and oxygen atoms in total. The number of H-pyrrole nitrogens is 1. The van der Waals surface area contributed by atoms with Crippen LogP contribution in [-0.2, 0) is 14.5 Å². The van der Waals surface area contributed by atoms with Crippen molar-refractivity contribution in [3.05, 3.63) is 36.0 Å². The van der Waals surface area contributed by atoms with Crippen LogP contribution in [0.1, 0.15) is 44.7 Å². The number of benzene rings is 1. The summed E-state index contributed by atoms with van der Waals surface area (Å²) < 4.78 is 24.8. The molecular formula is C19H27N5O3S. The van der Waals surface area contributed by atoms with Crippen LogP contribution in [0.2, 0.25) is 0 Å². The third-order valence-electron chi connectivity index (χ3n) is 4.68. The number of rotatable bonds is 6. The Bertz CT molecular complexity index is 921. The first-order valence-electron chi connectivity index (χ1n) is 9.34. The number of ether oxygens (including phenoxy) is 1. The fourth-order valence-electron chi connectivity index (χ4n) is 3.31. The van der Waals surface area contributed by atoms with Crippen molar-refractivity contribution >= 4 is 27.3 Å². The first kappa shape index (κ1) is 20.2. The average Bonchev–Trinajstić information content (AvgIpc) is 3.23. The van der Waals surface area contributed by atoms with Gasteiger partial charge in [-0.25, -0.2) is 13.8 Å². The Labute approximate surface area is 165 Å². The Hall–Kier alpha value is -2.55. The summed E-state index contributed by atoms with van der Waals surface area (Å²) in [7, 11) is -2.71. The highest BCUT2D eigenvalue weighted by atomic mass is 32.2. The van der Waals surface area contributed by atoms with Crippen molar-refractivity contribution in [1.29, 1.82) is 4.78 Å². The van der Waals surface area contributed by atoms with Gasteiger partial charge in [0.15, 0.2) is 5.82 Å². The molecule has 1 unspecified atom stereocenters. The lowest BCUT2D eigenvalue weighted by atomic mass is 10.0. The van der Waals surface area contributed by atoms with E-state index in [9.17, 15) is 9.00 Å². The zero-order chi connectivity index (χ0) is 20.3. The Morgan fingerprint density at radius 3 is 2.68 bits per heavy atom. The molecule has 1 amide bonds. The summed E-state index contributed by atoms with van der Waals surface area (Å²) in [6, 6.07) is 8.97. The summed E-state index contributed by atoms with van der Waals surface area (Å²) in [4.78, 5) is 12.3. The molecule has 2 aromatic rings. The van der Waals surface area contributed by atoms with E-state index in [0.717, 1.165) is 30.6 Å². The number of carbonyl (C=O) groups excluding carboxylic acids is 1. The van der Waals surface area contributed by atoms with Gasteiger partial charge in [-0.15, -0.1) is 0 Å². The van der Waals surface area contributed by atoms with E-state index in [1.807, 2.05) is 19.9 Å². The molecule has 1 fully saturated rings. The van der Waals surface area contributed by atoms with Crippen molar-refractivity contribution in [1.82, 2.24) is 15.5 Å². The topological polar surface area (TPSA) is 120 Å². The van der Waals surface area contributed by atoms with Gasteiger partial charge in [0.2, 0.25) is 0 Å². The number of nitrogens with zero attached hydrogens (tertiary/aromatic N) is 1. The molecule has 9 heteroatoms. The van der Waals surface area contributed by atoms with E-state index in [4.69, 9.17) is 9.52 Å². The van der Waals surface area contributed by atoms with Crippen LogP contribution < -0.4 is 10.6 Å². The summed E-state index contributed by atoms with van der Waals surface area (Å²) in [5, 5.41) is 13.3. The molecule has 28 heavy (non-hydrogen) atoms. The van der Waals surface area contributed by atoms with E-state index in [-0.39, 0.29) is 24.2 Å². The molecule has 1 aromatic heterocycles. The molecule has 3 rings (SSSR count). The molecule has 152 valence electrons. The van der Waals surface area contributed by atoms with Gasteiger partial charge in [0.05, 0.1) is 9.73 Å². The van der Waals surface area contributed by atoms with E-state index in [0.29, 0.717) is 10.7 Å². The van der Waals surface area contributed by atoms with Gasteiger partial charge >= 0.3 is 6.09 Å². The average molecular weight is 406 g/mol. The van der Waals surface area contributed by atoms with Gasteiger partial charge in [-0.3, -0.25) is 5.10 Å². The van der Waals surface area contributed by atoms with Crippen LogP contribution in [0.4, 0.5) is 16.3 Å². The van der Waals surface area contributed by atoms with Gasteiger partial charge in [0.1, 0.15) is 6.10 Å². The van der Waals surface area contributed by atoms with E-state index >= 15 is 0 Å². The molecule has 1 aliphatic rings. The van der Waals surface area contributed by atoms with Crippen molar-refractivity contribution in [2.75, 3.05) is 11.6 Å². The van der Waals surface area contributed by atoms with Crippen LogP contribution >= 0.6 is 0 Å². The number of anilines is 2. The van der Waals surface area contributed by atoms with Gasteiger partial charge in [0.25, 0.3) is 0 Å². The molecule has 0 saturated heterocycles. The molecule has 0 radical (unpaired) electrons. The Morgan fingerprint density at radius 2 is 2.04 bits per heavy atom.